The summed E-state index contributed by atoms with van der Waals surface area (Å²) in [6.07, 6.45) is 11.5. The van der Waals surface area contributed by atoms with Crippen LogP contribution in [-0.2, 0) is 10.2 Å². The predicted molar refractivity (Wildman–Crippen MR) is 122 cm³/mol. The maximum absolute atomic E-state index is 12.4. The standard InChI is InChI=1S/C26H28N2O3/c1-17-10-22(26-14-19-11-20(15-26)13-21(12-19)16-26)5-8-24(17)27-25(29)9-4-18-2-6-23(7-3-18)28(30)31/h2-10,19-21H,11-16H2,1H3,(H,27,29)/b9-4+. The van der Waals surface area contributed by atoms with E-state index in [2.05, 4.69) is 30.4 Å². The van der Waals surface area contributed by atoms with Gasteiger partial charge in [-0.1, -0.05) is 12.1 Å². The molecule has 0 saturated heterocycles. The number of non-ortho nitro benzene ring substituents is 1. The van der Waals surface area contributed by atoms with E-state index in [9.17, 15) is 14.9 Å². The fraction of sp³-hybridized carbons (Fsp3) is 0.423. The van der Waals surface area contributed by atoms with Crippen LogP contribution in [0.4, 0.5) is 11.4 Å². The van der Waals surface area contributed by atoms with Gasteiger partial charge in [0.2, 0.25) is 5.91 Å². The Labute approximate surface area is 182 Å². The average molecular weight is 417 g/mol. The van der Waals surface area contributed by atoms with Crippen molar-refractivity contribution in [2.75, 3.05) is 5.32 Å². The van der Waals surface area contributed by atoms with E-state index in [0.29, 0.717) is 5.41 Å². The highest BCUT2D eigenvalue weighted by atomic mass is 16.6. The van der Waals surface area contributed by atoms with Crippen LogP contribution in [-0.4, -0.2) is 10.8 Å². The molecule has 6 rings (SSSR count). The molecule has 0 aliphatic heterocycles. The fourth-order valence-corrected chi connectivity index (χ4v) is 6.65. The van der Waals surface area contributed by atoms with E-state index in [4.69, 9.17) is 0 Å². The van der Waals surface area contributed by atoms with Crippen LogP contribution in [0.3, 0.4) is 0 Å². The summed E-state index contributed by atoms with van der Waals surface area (Å²) in [7, 11) is 0. The third kappa shape index (κ3) is 3.89. The van der Waals surface area contributed by atoms with E-state index >= 15 is 0 Å². The minimum absolute atomic E-state index is 0.0383. The molecule has 1 amide bonds. The smallest absolute Gasteiger partial charge is 0.269 e. The van der Waals surface area contributed by atoms with Gasteiger partial charge in [0.15, 0.2) is 0 Å². The molecule has 5 nitrogen and oxygen atoms in total. The van der Waals surface area contributed by atoms with Gasteiger partial charge in [-0.2, -0.15) is 0 Å². The number of amides is 1. The van der Waals surface area contributed by atoms with Crippen molar-refractivity contribution in [1.82, 2.24) is 0 Å². The van der Waals surface area contributed by atoms with Crippen molar-refractivity contribution in [2.45, 2.75) is 50.9 Å². The van der Waals surface area contributed by atoms with Gasteiger partial charge in [0.25, 0.3) is 5.69 Å². The maximum Gasteiger partial charge on any atom is 0.269 e. The molecule has 160 valence electrons. The Morgan fingerprint density at radius 2 is 1.65 bits per heavy atom. The largest absolute Gasteiger partial charge is 0.322 e. The minimum atomic E-state index is -0.434. The molecule has 4 aliphatic carbocycles. The monoisotopic (exact) mass is 416 g/mol. The van der Waals surface area contributed by atoms with Gasteiger partial charge in [-0.15, -0.1) is 0 Å². The summed E-state index contributed by atoms with van der Waals surface area (Å²) >= 11 is 0. The number of nitrogens with zero attached hydrogens (tertiary/aromatic N) is 1. The van der Waals surface area contributed by atoms with Gasteiger partial charge in [-0.3, -0.25) is 14.9 Å². The second-order valence-corrected chi connectivity index (χ2v) is 9.90. The second kappa shape index (κ2) is 7.63. The number of nitrogens with one attached hydrogen (secondary N) is 1. The predicted octanol–water partition coefficient (Wildman–Crippen LogP) is 6.02. The van der Waals surface area contributed by atoms with Crippen molar-refractivity contribution in [2.24, 2.45) is 17.8 Å². The Kier molecular flexibility index (Phi) is 4.92. The molecular weight excluding hydrogens is 388 g/mol. The normalized spacial score (nSPS) is 28.7. The zero-order valence-electron chi connectivity index (χ0n) is 17.8. The summed E-state index contributed by atoms with van der Waals surface area (Å²) in [5.41, 5.74) is 4.55. The molecule has 0 aromatic heterocycles. The Morgan fingerprint density at radius 3 is 2.19 bits per heavy atom. The number of carbonyl (C=O) groups excluding carboxylic acids is 1. The molecule has 0 unspecified atom stereocenters. The van der Waals surface area contributed by atoms with E-state index in [1.807, 2.05) is 0 Å². The second-order valence-electron chi connectivity index (χ2n) is 9.90. The quantitative estimate of drug-likeness (QED) is 0.368. The van der Waals surface area contributed by atoms with E-state index in [-0.39, 0.29) is 11.6 Å². The summed E-state index contributed by atoms with van der Waals surface area (Å²) < 4.78 is 0. The first-order valence-corrected chi connectivity index (χ1v) is 11.2. The first-order chi connectivity index (χ1) is 14.9. The highest BCUT2D eigenvalue weighted by Gasteiger charge is 2.51. The van der Waals surface area contributed by atoms with Crippen LogP contribution in [0.25, 0.3) is 6.08 Å². The summed E-state index contributed by atoms with van der Waals surface area (Å²) in [5.74, 6) is 2.53. The summed E-state index contributed by atoms with van der Waals surface area (Å²) in [5, 5.41) is 13.7. The Balaban J connectivity index is 1.27. The number of aryl methyl sites for hydroxylation is 1. The third-order valence-electron chi connectivity index (χ3n) is 7.67. The van der Waals surface area contributed by atoms with Gasteiger partial charge < -0.3 is 5.32 Å². The van der Waals surface area contributed by atoms with Gasteiger partial charge in [0, 0.05) is 23.9 Å². The van der Waals surface area contributed by atoms with Gasteiger partial charge in [-0.05, 0) is 110 Å². The number of anilines is 1. The molecule has 0 radical (unpaired) electrons. The van der Waals surface area contributed by atoms with Gasteiger partial charge in [-0.25, -0.2) is 0 Å². The van der Waals surface area contributed by atoms with Gasteiger partial charge in [0.1, 0.15) is 0 Å². The molecule has 1 N–H and O–H groups in total. The van der Waals surface area contributed by atoms with Crippen molar-refractivity contribution in [1.29, 1.82) is 0 Å². The SMILES string of the molecule is Cc1cc(C23CC4CC(CC(C4)C2)C3)ccc1NC(=O)/C=C/c1ccc([N+](=O)[O-])cc1. The number of nitro benzene ring substituents is 1. The fourth-order valence-electron chi connectivity index (χ4n) is 6.65. The molecule has 2 aromatic carbocycles. The minimum Gasteiger partial charge on any atom is -0.322 e. The summed E-state index contributed by atoms with van der Waals surface area (Å²) in [4.78, 5) is 22.7. The van der Waals surface area contributed by atoms with Crippen LogP contribution >= 0.6 is 0 Å². The van der Waals surface area contributed by atoms with E-state index in [1.54, 1.807) is 18.2 Å². The molecule has 4 aliphatic rings. The first kappa shape index (κ1) is 20.0. The van der Waals surface area contributed by atoms with Crippen LogP contribution in [0.5, 0.6) is 0 Å². The number of hydrogen-bond acceptors (Lipinski definition) is 3. The lowest BCUT2D eigenvalue weighted by molar-refractivity contribution is -0.384. The molecule has 0 heterocycles. The van der Waals surface area contributed by atoms with E-state index < -0.39 is 4.92 Å². The Morgan fingerprint density at radius 1 is 1.03 bits per heavy atom. The van der Waals surface area contributed by atoms with Crippen LogP contribution in [0, 0.1) is 34.8 Å². The van der Waals surface area contributed by atoms with Gasteiger partial charge in [0.05, 0.1) is 4.92 Å². The molecule has 31 heavy (non-hydrogen) atoms. The van der Waals surface area contributed by atoms with E-state index in [0.717, 1.165) is 34.6 Å². The molecular formula is C26H28N2O3. The van der Waals surface area contributed by atoms with Crippen molar-refractivity contribution in [3.8, 4) is 0 Å². The average Bonchev–Trinajstić information content (AvgIpc) is 2.73. The highest BCUT2D eigenvalue weighted by Crippen LogP contribution is 2.60. The number of hydrogen-bond donors (Lipinski definition) is 1. The molecule has 5 heteroatoms. The van der Waals surface area contributed by atoms with Crippen LogP contribution in [0.2, 0.25) is 0 Å². The van der Waals surface area contributed by atoms with Crippen molar-refractivity contribution in [3.05, 3.63) is 75.3 Å². The van der Waals surface area contributed by atoms with Crippen molar-refractivity contribution in [3.63, 3.8) is 0 Å². The lowest BCUT2D eigenvalue weighted by Gasteiger charge is -2.57. The van der Waals surface area contributed by atoms with Crippen LogP contribution in [0.15, 0.2) is 48.5 Å². The summed E-state index contributed by atoms with van der Waals surface area (Å²) in [6, 6.07) is 12.7. The molecule has 0 atom stereocenters. The number of rotatable bonds is 5. The molecule has 4 fully saturated rings. The van der Waals surface area contributed by atoms with Crippen molar-refractivity contribution < 1.29 is 9.72 Å². The van der Waals surface area contributed by atoms with Crippen LogP contribution in [0.1, 0.15) is 55.2 Å². The number of benzene rings is 2. The van der Waals surface area contributed by atoms with Crippen molar-refractivity contribution >= 4 is 23.4 Å². The zero-order valence-corrected chi connectivity index (χ0v) is 17.8. The molecule has 0 spiro atoms. The topological polar surface area (TPSA) is 72.2 Å². The first-order valence-electron chi connectivity index (χ1n) is 11.2. The van der Waals surface area contributed by atoms with Crippen LogP contribution < -0.4 is 5.32 Å². The molecule has 4 saturated carbocycles. The number of carbonyl (C=O) groups is 1. The lowest BCUT2D eigenvalue weighted by Crippen LogP contribution is -2.48. The highest BCUT2D eigenvalue weighted by molar-refractivity contribution is 6.02. The van der Waals surface area contributed by atoms with Gasteiger partial charge >= 0.3 is 0 Å². The third-order valence-corrected chi connectivity index (χ3v) is 7.67. The zero-order chi connectivity index (χ0) is 21.6. The Bertz CT molecular complexity index is 1020. The summed E-state index contributed by atoms with van der Waals surface area (Å²) in [6.45, 7) is 2.07. The van der Waals surface area contributed by atoms with E-state index in [1.165, 1.54) is 62.3 Å². The molecule has 4 bridgehead atoms. The molecule has 2 aromatic rings. The maximum atomic E-state index is 12.4. The lowest BCUT2D eigenvalue weighted by atomic mass is 9.48. The Hall–Kier alpha value is -2.95. The number of nitro groups is 1.